The Bertz CT molecular complexity index is 959. The van der Waals surface area contributed by atoms with E-state index >= 15 is 0 Å². The molecule has 1 nitrogen and oxygen atoms in total. The van der Waals surface area contributed by atoms with E-state index in [9.17, 15) is 0 Å². The molecule has 0 saturated heterocycles. The summed E-state index contributed by atoms with van der Waals surface area (Å²) in [6.45, 7) is 10.2. The molecule has 33 heavy (non-hydrogen) atoms. The molecular weight excluding hydrogens is 898 g/mol. The van der Waals surface area contributed by atoms with Crippen molar-refractivity contribution in [2.45, 2.75) is 112 Å². The van der Waals surface area contributed by atoms with Gasteiger partial charge in [-0.3, -0.25) is 0 Å². The molecule has 1 heterocycles. The molecule has 0 aliphatic heterocycles. The summed E-state index contributed by atoms with van der Waals surface area (Å²) in [5.74, 6) is 2.86. The van der Waals surface area contributed by atoms with E-state index in [1.807, 2.05) is 17.3 Å². The largest absolute Gasteiger partial charge is 0 e. The van der Waals surface area contributed by atoms with Crippen molar-refractivity contribution in [3.05, 3.63) is 30.7 Å². The zero-order valence-corrected chi connectivity index (χ0v) is 27.9. The number of nitrogens with zero attached hydrogens (tertiary/aromatic N) is 1. The van der Waals surface area contributed by atoms with E-state index in [4.69, 9.17) is 4.98 Å². The maximum absolute atomic E-state index is 5.17. The van der Waals surface area contributed by atoms with Gasteiger partial charge in [0, 0.05) is 0 Å². The Morgan fingerprint density at radius 2 is 1.67 bits per heavy atom. The molecule has 3 aliphatic rings. The summed E-state index contributed by atoms with van der Waals surface area (Å²) in [6, 6.07) is 7.35. The molecule has 195 valence electrons. The maximum atomic E-state index is 5.17. The van der Waals surface area contributed by atoms with Crippen molar-refractivity contribution in [1.29, 1.82) is 0 Å². The molecule has 1 aromatic carbocycles. The molecule has 3 fully saturated rings. The van der Waals surface area contributed by atoms with Crippen molar-refractivity contribution >= 4 is 21.6 Å². The van der Waals surface area contributed by atoms with Gasteiger partial charge in [-0.25, -0.2) is 0 Å². The molecule has 2 aromatic rings. The Kier molecular flexibility index (Phi) is 7.70. The van der Waals surface area contributed by atoms with Crippen molar-refractivity contribution in [3.8, 4) is 0 Å². The second-order valence-corrected chi connectivity index (χ2v) is 22.3. The van der Waals surface area contributed by atoms with E-state index in [2.05, 4.69) is 45.9 Å². The Morgan fingerprint density at radius 3 is 2.52 bits per heavy atom. The third-order valence-corrected chi connectivity index (χ3v) is 16.8. The molecule has 0 spiro atoms. The van der Waals surface area contributed by atoms with Crippen LogP contribution in [0.2, 0.25) is 0 Å². The van der Waals surface area contributed by atoms with Crippen LogP contribution >= 0.6 is 11.3 Å². The smallest absolute Gasteiger partial charge is 0 e. The van der Waals surface area contributed by atoms with E-state index in [0.29, 0.717) is 12.3 Å². The standard InChI is InChI=1S/C28H40I2NS.Lr/c1-26(2)12-7-8-13-27(3,16-15-26)29-22-10-11-23-24(18-22)32-25(31-23)30-28(4)14-6-5-9-20-17-21(20)19-28;/h10-11,18,21H,5-9,12-17,19H2,1-4H3;/q-3;. The van der Waals surface area contributed by atoms with Gasteiger partial charge in [-0.2, -0.15) is 0 Å². The number of benzene rings is 1. The van der Waals surface area contributed by atoms with Gasteiger partial charge in [-0.15, -0.1) is 0 Å². The van der Waals surface area contributed by atoms with Crippen molar-refractivity contribution in [3.63, 3.8) is 0 Å². The van der Waals surface area contributed by atoms with E-state index in [1.54, 1.807) is 3.57 Å². The fraction of sp³-hybridized carbons (Fsp3) is 0.714. The molecule has 3 unspecified atom stereocenters. The van der Waals surface area contributed by atoms with Gasteiger partial charge in [0.15, 0.2) is 0 Å². The fourth-order valence-electron chi connectivity index (χ4n) is 5.80. The van der Waals surface area contributed by atoms with Crippen LogP contribution < -0.4 is 42.4 Å². The molecule has 5 rings (SSSR count). The monoisotopic (exact) mass is 938 g/mol. The van der Waals surface area contributed by atoms with Crippen LogP contribution in [0.3, 0.4) is 0 Å². The van der Waals surface area contributed by atoms with Crippen LogP contribution in [0.4, 0.5) is 0 Å². The first-order valence-corrected chi connectivity index (χ1v) is 17.9. The summed E-state index contributed by atoms with van der Waals surface area (Å²) in [5.41, 5.74) is 1.81. The molecule has 0 amide bonds. The van der Waals surface area contributed by atoms with Gasteiger partial charge in [0.1, 0.15) is 0 Å². The predicted octanol–water partition coefficient (Wildman–Crippen LogP) is 2.27. The number of hydrogen-bond donors (Lipinski definition) is 0. The number of halogens is 2. The van der Waals surface area contributed by atoms with Gasteiger partial charge in [0.25, 0.3) is 0 Å². The van der Waals surface area contributed by atoms with Gasteiger partial charge < -0.3 is 0 Å². The van der Waals surface area contributed by atoms with Gasteiger partial charge in [0.2, 0.25) is 0 Å². The summed E-state index contributed by atoms with van der Waals surface area (Å²) in [6.07, 6.45) is 17.2. The third kappa shape index (κ3) is 6.42. The molecular formula is C28H40I2LrNS-3. The number of fused-ring (bicyclic) bond motifs is 2. The van der Waals surface area contributed by atoms with Gasteiger partial charge in [-0.05, 0) is 0 Å². The van der Waals surface area contributed by atoms with E-state index < -0.39 is 0 Å². The molecule has 5 heteroatoms. The Hall–Kier alpha value is -0.430. The van der Waals surface area contributed by atoms with Gasteiger partial charge in [-0.1, -0.05) is 0 Å². The first kappa shape index (κ1) is 25.7. The SMILES string of the molecule is CC1(C)CCCCC(C)([I-]c2ccc3nc([I-]C4(C)CCCC[C-]5CC5C4)sc3c2)CC1.[Lr]. The van der Waals surface area contributed by atoms with E-state index in [1.165, 1.54) is 90.3 Å². The minimum absolute atomic E-state index is 0. The van der Waals surface area contributed by atoms with Crippen LogP contribution in [0, 0.1) is 23.8 Å². The van der Waals surface area contributed by atoms with Gasteiger partial charge >= 0.3 is 223 Å². The maximum Gasteiger partial charge on any atom is 0 e. The second-order valence-electron chi connectivity index (χ2n) is 11.9. The van der Waals surface area contributed by atoms with Crippen LogP contribution in [-0.2, 0) is 0 Å². The Labute approximate surface area is 220 Å². The Balaban J connectivity index is 0.00000259. The van der Waals surface area contributed by atoms with E-state index in [-0.39, 0.29) is 42.4 Å². The molecule has 0 N–H and O–H groups in total. The molecule has 3 saturated carbocycles. The zero-order chi connectivity index (χ0) is 22.4. The molecule has 3 aliphatic carbocycles. The molecule has 1 aromatic heterocycles. The second kappa shape index (κ2) is 9.91. The molecule has 3 atom stereocenters. The van der Waals surface area contributed by atoms with Crippen LogP contribution in [0.15, 0.2) is 18.2 Å². The first-order valence-electron chi connectivity index (χ1n) is 12.8. The quantitative estimate of drug-likeness (QED) is 0.261. The first-order chi connectivity index (χ1) is 15.2. The van der Waals surface area contributed by atoms with Crippen LogP contribution in [0.1, 0.15) is 105 Å². The normalized spacial score (nSPS) is 32.9. The number of alkyl halides is 2. The summed E-state index contributed by atoms with van der Waals surface area (Å²) >= 11 is 2.07. The number of rotatable bonds is 4. The average Bonchev–Trinajstić information content (AvgIpc) is 3.29. The minimum Gasteiger partial charge on any atom is 0 e. The third-order valence-electron chi connectivity index (χ3n) is 8.14. The van der Waals surface area contributed by atoms with Crippen LogP contribution in [0.25, 0.3) is 10.2 Å². The summed E-state index contributed by atoms with van der Waals surface area (Å²) in [4.78, 5) is 5.17. The summed E-state index contributed by atoms with van der Waals surface area (Å²) < 4.78 is 5.75. The average molecular weight is 939 g/mol. The van der Waals surface area contributed by atoms with Gasteiger partial charge in [0.05, 0.1) is 0 Å². The van der Waals surface area contributed by atoms with Crippen molar-refractivity contribution in [1.82, 2.24) is 4.98 Å². The van der Waals surface area contributed by atoms with Crippen molar-refractivity contribution in [2.24, 2.45) is 11.3 Å². The topological polar surface area (TPSA) is 12.9 Å². The van der Waals surface area contributed by atoms with E-state index in [0.717, 1.165) is 5.92 Å². The number of aromatic nitrogens is 1. The number of thiazole rings is 1. The van der Waals surface area contributed by atoms with Crippen molar-refractivity contribution < 1.29 is 42.4 Å². The number of hydrogen-bond acceptors (Lipinski definition) is 2. The Morgan fingerprint density at radius 1 is 0.909 bits per heavy atom. The van der Waals surface area contributed by atoms with Crippen LogP contribution in [0.5, 0.6) is 0 Å². The predicted molar refractivity (Wildman–Crippen MR) is 130 cm³/mol. The minimum atomic E-state index is -0.00869. The summed E-state index contributed by atoms with van der Waals surface area (Å²) in [7, 11) is 0. The van der Waals surface area contributed by atoms with Crippen molar-refractivity contribution in [2.75, 3.05) is 0 Å². The molecule has 0 bridgehead atoms. The summed E-state index contributed by atoms with van der Waals surface area (Å²) in [5, 5.41) is 0. The van der Waals surface area contributed by atoms with Crippen LogP contribution in [-0.4, -0.2) is 11.8 Å². The zero-order valence-electron chi connectivity index (χ0n) is 20.7. The molecule has 1 radical (unpaired) electrons. The fourth-order valence-corrected chi connectivity index (χ4v) is 15.5.